The molecule has 2 rings (SSSR count). The minimum atomic E-state index is -0.421. The van der Waals surface area contributed by atoms with Gasteiger partial charge in [-0.25, -0.2) is 4.79 Å². The van der Waals surface area contributed by atoms with Crippen molar-refractivity contribution in [1.29, 1.82) is 0 Å². The Balaban J connectivity index is 2.13. The first-order valence-corrected chi connectivity index (χ1v) is 8.67. The third-order valence-electron chi connectivity index (χ3n) is 4.53. The SMILES string of the molecule is CCOC(=O)c1ccc(/C=C(C)/C=C/C2=C(C)CCCC2(C)C)o1. The molecule has 0 aromatic carbocycles. The second-order valence-corrected chi connectivity index (χ2v) is 7.08. The molecule has 0 spiro atoms. The zero-order chi connectivity index (χ0) is 17.7. The molecule has 1 aromatic heterocycles. The number of hydrogen-bond donors (Lipinski definition) is 0. The van der Waals surface area contributed by atoms with Gasteiger partial charge >= 0.3 is 5.97 Å². The molecule has 0 atom stereocenters. The van der Waals surface area contributed by atoms with E-state index in [2.05, 4.69) is 32.9 Å². The van der Waals surface area contributed by atoms with Gasteiger partial charge in [-0.2, -0.15) is 0 Å². The zero-order valence-corrected chi connectivity index (χ0v) is 15.4. The van der Waals surface area contributed by atoms with E-state index in [-0.39, 0.29) is 11.2 Å². The van der Waals surface area contributed by atoms with Crippen LogP contribution in [0.1, 0.15) is 70.2 Å². The maximum absolute atomic E-state index is 11.6. The van der Waals surface area contributed by atoms with Crippen LogP contribution in [0, 0.1) is 5.41 Å². The highest BCUT2D eigenvalue weighted by Gasteiger charge is 2.26. The van der Waals surface area contributed by atoms with Gasteiger partial charge in [0.15, 0.2) is 0 Å². The average Bonchev–Trinajstić information content (AvgIpc) is 2.95. The fraction of sp³-hybridized carbons (Fsp3) is 0.476. The van der Waals surface area contributed by atoms with Crippen molar-refractivity contribution in [3.8, 4) is 0 Å². The number of esters is 1. The first-order chi connectivity index (χ1) is 11.3. The van der Waals surface area contributed by atoms with Crippen molar-refractivity contribution in [3.05, 3.63) is 52.5 Å². The van der Waals surface area contributed by atoms with E-state index in [1.54, 1.807) is 19.1 Å². The lowest BCUT2D eigenvalue weighted by atomic mass is 9.72. The minimum absolute atomic E-state index is 0.237. The van der Waals surface area contributed by atoms with Crippen LogP contribution in [0.3, 0.4) is 0 Å². The Labute approximate surface area is 145 Å². The second kappa shape index (κ2) is 7.69. The summed E-state index contributed by atoms with van der Waals surface area (Å²) >= 11 is 0. The van der Waals surface area contributed by atoms with Crippen molar-refractivity contribution in [1.82, 2.24) is 0 Å². The summed E-state index contributed by atoms with van der Waals surface area (Å²) in [5, 5.41) is 0. The summed E-state index contributed by atoms with van der Waals surface area (Å²) < 4.78 is 10.5. The fourth-order valence-electron chi connectivity index (χ4n) is 3.24. The van der Waals surface area contributed by atoms with E-state index >= 15 is 0 Å². The van der Waals surface area contributed by atoms with Gasteiger partial charge in [-0.1, -0.05) is 31.6 Å². The Morgan fingerprint density at radius 3 is 2.79 bits per heavy atom. The molecule has 130 valence electrons. The Morgan fingerprint density at radius 1 is 1.38 bits per heavy atom. The summed E-state index contributed by atoms with van der Waals surface area (Å²) in [5.74, 6) is 0.482. The maximum atomic E-state index is 11.6. The van der Waals surface area contributed by atoms with Crippen LogP contribution in [0.2, 0.25) is 0 Å². The van der Waals surface area contributed by atoms with Gasteiger partial charge in [-0.15, -0.1) is 0 Å². The van der Waals surface area contributed by atoms with E-state index in [1.807, 2.05) is 13.0 Å². The summed E-state index contributed by atoms with van der Waals surface area (Å²) in [4.78, 5) is 11.6. The predicted molar refractivity (Wildman–Crippen MR) is 97.8 cm³/mol. The van der Waals surface area contributed by atoms with Crippen LogP contribution in [-0.4, -0.2) is 12.6 Å². The molecule has 3 heteroatoms. The molecule has 1 heterocycles. The van der Waals surface area contributed by atoms with Crippen LogP contribution in [0.5, 0.6) is 0 Å². The van der Waals surface area contributed by atoms with Gasteiger partial charge in [0.1, 0.15) is 5.76 Å². The van der Waals surface area contributed by atoms with E-state index in [4.69, 9.17) is 9.15 Å². The van der Waals surface area contributed by atoms with Crippen molar-refractivity contribution in [2.24, 2.45) is 5.41 Å². The van der Waals surface area contributed by atoms with Crippen molar-refractivity contribution in [3.63, 3.8) is 0 Å². The van der Waals surface area contributed by atoms with Gasteiger partial charge in [0.25, 0.3) is 0 Å². The molecule has 0 N–H and O–H groups in total. The minimum Gasteiger partial charge on any atom is -0.460 e. The quantitative estimate of drug-likeness (QED) is 0.496. The summed E-state index contributed by atoms with van der Waals surface area (Å²) in [6, 6.07) is 3.44. The van der Waals surface area contributed by atoms with E-state index < -0.39 is 5.97 Å². The number of furan rings is 1. The largest absolute Gasteiger partial charge is 0.460 e. The monoisotopic (exact) mass is 328 g/mol. The molecular formula is C21H28O3. The molecule has 1 aromatic rings. The molecular weight excluding hydrogens is 300 g/mol. The first kappa shape index (κ1) is 18.3. The molecule has 3 nitrogen and oxygen atoms in total. The van der Waals surface area contributed by atoms with Crippen LogP contribution < -0.4 is 0 Å². The smallest absolute Gasteiger partial charge is 0.374 e. The standard InChI is InChI=1S/C21H28O3/c1-6-23-20(22)19-12-10-17(24-19)14-15(2)9-11-18-16(3)8-7-13-21(18,4)5/h9-12,14H,6-8,13H2,1-5H3/b11-9+,15-14+. The predicted octanol–water partition coefficient (Wildman–Crippen LogP) is 5.94. The summed E-state index contributed by atoms with van der Waals surface area (Å²) in [5.41, 5.74) is 4.24. The molecule has 0 aliphatic heterocycles. The molecule has 0 amide bonds. The van der Waals surface area contributed by atoms with E-state index in [0.29, 0.717) is 12.4 Å². The number of allylic oxidation sites excluding steroid dienone is 5. The van der Waals surface area contributed by atoms with Crippen molar-refractivity contribution in [2.75, 3.05) is 6.61 Å². The Bertz CT molecular complexity index is 684. The lowest BCUT2D eigenvalue weighted by Gasteiger charge is -2.32. The van der Waals surface area contributed by atoms with Gasteiger partial charge in [-0.05, 0) is 74.8 Å². The van der Waals surface area contributed by atoms with Crippen molar-refractivity contribution < 1.29 is 13.9 Å². The normalized spacial score (nSPS) is 18.3. The van der Waals surface area contributed by atoms with Gasteiger partial charge in [0.2, 0.25) is 5.76 Å². The highest BCUT2D eigenvalue weighted by molar-refractivity contribution is 5.86. The maximum Gasteiger partial charge on any atom is 0.374 e. The fourth-order valence-corrected chi connectivity index (χ4v) is 3.24. The Kier molecular flexibility index (Phi) is 5.87. The molecule has 1 aliphatic carbocycles. The van der Waals surface area contributed by atoms with E-state index in [0.717, 1.165) is 5.57 Å². The molecule has 0 unspecified atom stereocenters. The lowest BCUT2D eigenvalue weighted by Crippen LogP contribution is -2.19. The Morgan fingerprint density at radius 2 is 2.12 bits per heavy atom. The number of carbonyl (C=O) groups is 1. The van der Waals surface area contributed by atoms with Gasteiger partial charge in [0, 0.05) is 0 Å². The van der Waals surface area contributed by atoms with E-state index in [9.17, 15) is 4.79 Å². The molecule has 0 bridgehead atoms. The average molecular weight is 328 g/mol. The highest BCUT2D eigenvalue weighted by Crippen LogP contribution is 2.40. The summed E-state index contributed by atoms with van der Waals surface area (Å²) in [6.07, 6.45) is 9.98. The summed E-state index contributed by atoms with van der Waals surface area (Å²) in [7, 11) is 0. The van der Waals surface area contributed by atoms with Crippen LogP contribution in [0.25, 0.3) is 6.08 Å². The topological polar surface area (TPSA) is 39.4 Å². The van der Waals surface area contributed by atoms with Crippen LogP contribution in [-0.2, 0) is 4.74 Å². The lowest BCUT2D eigenvalue weighted by molar-refractivity contribution is 0.0489. The van der Waals surface area contributed by atoms with Crippen LogP contribution in [0.15, 0.2) is 45.4 Å². The zero-order valence-electron chi connectivity index (χ0n) is 15.4. The number of carbonyl (C=O) groups excluding carboxylic acids is 1. The Hall–Kier alpha value is -2.03. The number of hydrogen-bond acceptors (Lipinski definition) is 3. The molecule has 1 aliphatic rings. The van der Waals surface area contributed by atoms with Crippen LogP contribution in [0.4, 0.5) is 0 Å². The van der Waals surface area contributed by atoms with Gasteiger partial charge < -0.3 is 9.15 Å². The second-order valence-electron chi connectivity index (χ2n) is 7.08. The first-order valence-electron chi connectivity index (χ1n) is 8.67. The third-order valence-corrected chi connectivity index (χ3v) is 4.53. The third kappa shape index (κ3) is 4.50. The van der Waals surface area contributed by atoms with Gasteiger partial charge in [0.05, 0.1) is 6.61 Å². The summed E-state index contributed by atoms with van der Waals surface area (Å²) in [6.45, 7) is 11.0. The number of ether oxygens (including phenoxy) is 1. The molecule has 0 radical (unpaired) electrons. The number of rotatable bonds is 5. The van der Waals surface area contributed by atoms with E-state index in [1.165, 1.54) is 30.4 Å². The van der Waals surface area contributed by atoms with Crippen LogP contribution >= 0.6 is 0 Å². The molecule has 0 saturated carbocycles. The van der Waals surface area contributed by atoms with Crippen molar-refractivity contribution in [2.45, 2.75) is 53.9 Å². The van der Waals surface area contributed by atoms with Gasteiger partial charge in [-0.3, -0.25) is 0 Å². The molecule has 24 heavy (non-hydrogen) atoms. The van der Waals surface area contributed by atoms with Crippen molar-refractivity contribution >= 4 is 12.0 Å². The molecule has 0 fully saturated rings. The highest BCUT2D eigenvalue weighted by atomic mass is 16.5. The molecule has 0 saturated heterocycles.